The van der Waals surface area contributed by atoms with Gasteiger partial charge in [-0.3, -0.25) is 0 Å². The highest BCUT2D eigenvalue weighted by molar-refractivity contribution is 7.87. The van der Waals surface area contributed by atoms with E-state index in [-0.39, 0.29) is 36.0 Å². The number of rotatable bonds is 6. The molecule has 2 aliphatic heterocycles. The van der Waals surface area contributed by atoms with E-state index < -0.39 is 10.1 Å². The van der Waals surface area contributed by atoms with Crippen LogP contribution in [0.15, 0.2) is 71.6 Å². The third-order valence-corrected chi connectivity index (χ3v) is 8.25. The van der Waals surface area contributed by atoms with Crippen molar-refractivity contribution in [2.24, 2.45) is 0 Å². The fourth-order valence-electron chi connectivity index (χ4n) is 4.72. The first-order chi connectivity index (χ1) is 19.8. The third-order valence-electron chi connectivity index (χ3n) is 7.03. The van der Waals surface area contributed by atoms with E-state index in [9.17, 15) is 13.2 Å². The van der Waals surface area contributed by atoms with E-state index >= 15 is 0 Å². The number of hydrogen-bond donors (Lipinski definition) is 1. The number of hydrogen-bond acceptors (Lipinski definition) is 8. The summed E-state index contributed by atoms with van der Waals surface area (Å²) in [4.78, 5) is 24.1. The van der Waals surface area contributed by atoms with Crippen molar-refractivity contribution in [2.75, 3.05) is 18.7 Å². The number of carbonyl (C=O) groups is 1. The molecule has 11 heteroatoms. The van der Waals surface area contributed by atoms with Crippen LogP contribution in [0.1, 0.15) is 29.3 Å². The first kappa shape index (κ1) is 26.6. The summed E-state index contributed by atoms with van der Waals surface area (Å²) in [6, 6.07) is 19.0. The first-order valence-corrected chi connectivity index (χ1v) is 14.7. The lowest BCUT2D eigenvalue weighted by molar-refractivity contribution is 0.174. The van der Waals surface area contributed by atoms with Crippen LogP contribution in [0.25, 0.3) is 11.4 Å². The number of anilines is 1. The molecule has 210 valence electrons. The Morgan fingerprint density at radius 3 is 2.63 bits per heavy atom. The van der Waals surface area contributed by atoms with E-state index in [0.717, 1.165) is 17.5 Å². The zero-order chi connectivity index (χ0) is 28.6. The number of urea groups is 1. The van der Waals surface area contributed by atoms with Gasteiger partial charge >= 0.3 is 16.1 Å². The average Bonchev–Trinajstić information content (AvgIpc) is 3.45. The summed E-state index contributed by atoms with van der Waals surface area (Å²) in [5.41, 5.74) is 4.37. The maximum Gasteiger partial charge on any atom is 0.340 e. The predicted molar refractivity (Wildman–Crippen MR) is 152 cm³/mol. The Balaban J connectivity index is 1.35. The molecule has 1 N–H and O–H groups in total. The van der Waals surface area contributed by atoms with Crippen molar-refractivity contribution in [3.05, 3.63) is 89.1 Å². The summed E-state index contributed by atoms with van der Waals surface area (Å²) < 4.78 is 43.2. The van der Waals surface area contributed by atoms with Crippen molar-refractivity contribution in [1.82, 2.24) is 14.9 Å². The molecular formula is C30H28N4O6S. The molecule has 0 spiro atoms. The summed E-state index contributed by atoms with van der Waals surface area (Å²) in [5, 5.41) is 2.94. The van der Waals surface area contributed by atoms with Gasteiger partial charge in [-0.1, -0.05) is 36.8 Å². The molecule has 1 aromatic heterocycles. The summed E-state index contributed by atoms with van der Waals surface area (Å²) in [7, 11) is -4.22. The summed E-state index contributed by atoms with van der Waals surface area (Å²) >= 11 is 0. The zero-order valence-corrected chi connectivity index (χ0v) is 23.4. The molecule has 0 fully saturated rings. The number of aryl methyl sites for hydroxylation is 2. The fourth-order valence-corrected chi connectivity index (χ4v) is 5.63. The van der Waals surface area contributed by atoms with Crippen molar-refractivity contribution in [3.63, 3.8) is 0 Å². The van der Waals surface area contributed by atoms with Crippen LogP contribution in [0, 0.1) is 6.92 Å². The van der Waals surface area contributed by atoms with Gasteiger partial charge in [-0.2, -0.15) is 13.4 Å². The van der Waals surface area contributed by atoms with E-state index in [1.54, 1.807) is 35.2 Å². The number of carbonyl (C=O) groups excluding carboxylic acids is 1. The van der Waals surface area contributed by atoms with Crippen LogP contribution in [-0.2, 0) is 29.5 Å². The Hall–Kier alpha value is -4.64. The van der Waals surface area contributed by atoms with Crippen LogP contribution in [0.4, 0.5) is 10.5 Å². The molecule has 0 bridgehead atoms. The van der Waals surface area contributed by atoms with Gasteiger partial charge in [0, 0.05) is 24.2 Å². The predicted octanol–water partition coefficient (Wildman–Crippen LogP) is 5.10. The molecule has 0 atom stereocenters. The fraction of sp³-hybridized carbons (Fsp3) is 0.233. The van der Waals surface area contributed by atoms with Gasteiger partial charge in [-0.25, -0.2) is 9.78 Å². The van der Waals surface area contributed by atoms with Gasteiger partial charge in [0.15, 0.2) is 17.3 Å². The van der Waals surface area contributed by atoms with Crippen molar-refractivity contribution in [3.8, 4) is 28.8 Å². The lowest BCUT2D eigenvalue weighted by Crippen LogP contribution is -2.39. The zero-order valence-electron chi connectivity index (χ0n) is 22.6. The molecule has 0 aliphatic carbocycles. The smallest absolute Gasteiger partial charge is 0.340 e. The first-order valence-electron chi connectivity index (χ1n) is 13.2. The topological polar surface area (TPSA) is 120 Å². The Kier molecular flexibility index (Phi) is 6.96. The molecule has 3 heterocycles. The second-order valence-corrected chi connectivity index (χ2v) is 11.4. The Morgan fingerprint density at radius 1 is 1.02 bits per heavy atom. The summed E-state index contributed by atoms with van der Waals surface area (Å²) in [6.45, 7) is 4.50. The average molecular weight is 573 g/mol. The van der Waals surface area contributed by atoms with Crippen LogP contribution in [0.2, 0.25) is 0 Å². The number of fused-ring (bicyclic) bond motifs is 2. The summed E-state index contributed by atoms with van der Waals surface area (Å²) in [6.07, 6.45) is 1.23. The highest BCUT2D eigenvalue weighted by Crippen LogP contribution is 2.37. The Labute approximate surface area is 238 Å². The van der Waals surface area contributed by atoms with E-state index in [0.29, 0.717) is 47.0 Å². The molecule has 0 saturated carbocycles. The second-order valence-electron chi connectivity index (χ2n) is 9.85. The van der Waals surface area contributed by atoms with Crippen LogP contribution in [0.5, 0.6) is 17.4 Å². The molecule has 4 aromatic rings. The quantitative estimate of drug-likeness (QED) is 0.317. The molecule has 2 aliphatic rings. The molecule has 0 radical (unpaired) electrons. The second kappa shape index (κ2) is 10.7. The Bertz CT molecular complexity index is 1740. The molecular weight excluding hydrogens is 544 g/mol. The third kappa shape index (κ3) is 5.53. The van der Waals surface area contributed by atoms with Crippen molar-refractivity contribution < 1.29 is 26.9 Å². The van der Waals surface area contributed by atoms with Crippen LogP contribution < -0.4 is 19.0 Å². The highest BCUT2D eigenvalue weighted by atomic mass is 32.2. The van der Waals surface area contributed by atoms with Gasteiger partial charge in [0.25, 0.3) is 0 Å². The van der Waals surface area contributed by atoms with Crippen LogP contribution >= 0.6 is 0 Å². The van der Waals surface area contributed by atoms with Gasteiger partial charge in [0.1, 0.15) is 4.90 Å². The van der Waals surface area contributed by atoms with Crippen molar-refractivity contribution in [1.29, 1.82) is 0 Å². The van der Waals surface area contributed by atoms with Crippen LogP contribution in [0.3, 0.4) is 0 Å². The SMILES string of the molecule is CCc1cccc(NC(=O)N2CCc3nc(-c4ccc5c(c4)OCO5)nc(OS(=O)(=O)c4ccc(C)cc4)c3C2)c1. The molecule has 6 rings (SSSR count). The van der Waals surface area contributed by atoms with Gasteiger partial charge in [-0.15, -0.1) is 0 Å². The standard InChI is InChI=1S/C30H28N4O6S/c1-3-20-5-4-6-22(15-20)31-30(35)34-14-13-25-24(17-34)29(40-41(36,37)23-10-7-19(2)8-11-23)33-28(32-25)21-9-12-26-27(16-21)39-18-38-26/h4-12,15-16H,3,13-14,17-18H2,1-2H3,(H,31,35). The lowest BCUT2D eigenvalue weighted by Gasteiger charge is -2.29. The van der Waals surface area contributed by atoms with Crippen LogP contribution in [-0.4, -0.2) is 42.7 Å². The molecule has 3 aromatic carbocycles. The van der Waals surface area contributed by atoms with Gasteiger partial charge in [0.05, 0.1) is 17.8 Å². The number of aromatic nitrogens is 2. The lowest BCUT2D eigenvalue weighted by atomic mass is 10.1. The van der Waals surface area contributed by atoms with Crippen molar-refractivity contribution in [2.45, 2.75) is 38.1 Å². The van der Waals surface area contributed by atoms with E-state index in [4.69, 9.17) is 18.6 Å². The van der Waals surface area contributed by atoms with E-state index in [1.807, 2.05) is 38.1 Å². The maximum absolute atomic E-state index is 13.3. The Morgan fingerprint density at radius 2 is 1.83 bits per heavy atom. The molecule has 0 saturated heterocycles. The number of nitrogens with zero attached hydrogens (tertiary/aromatic N) is 3. The summed E-state index contributed by atoms with van der Waals surface area (Å²) in [5.74, 6) is 1.32. The van der Waals surface area contributed by atoms with Gasteiger partial charge in [0.2, 0.25) is 12.7 Å². The largest absolute Gasteiger partial charge is 0.454 e. The molecule has 2 amide bonds. The molecule has 0 unspecified atom stereocenters. The minimum absolute atomic E-state index is 0.00121. The van der Waals surface area contributed by atoms with E-state index in [1.165, 1.54) is 12.1 Å². The monoisotopic (exact) mass is 572 g/mol. The minimum atomic E-state index is -4.22. The van der Waals surface area contributed by atoms with Gasteiger partial charge in [-0.05, 0) is 61.4 Å². The molecule has 41 heavy (non-hydrogen) atoms. The number of amides is 2. The maximum atomic E-state index is 13.3. The van der Waals surface area contributed by atoms with Gasteiger partial charge < -0.3 is 23.9 Å². The normalized spacial score (nSPS) is 14.0. The van der Waals surface area contributed by atoms with E-state index in [2.05, 4.69) is 10.3 Å². The number of benzene rings is 3. The highest BCUT2D eigenvalue weighted by Gasteiger charge is 2.30. The number of ether oxygens (including phenoxy) is 2. The molecule has 10 nitrogen and oxygen atoms in total. The van der Waals surface area contributed by atoms with Crippen molar-refractivity contribution >= 4 is 21.8 Å². The minimum Gasteiger partial charge on any atom is -0.454 e. The number of nitrogens with one attached hydrogen (secondary N) is 1.